The summed E-state index contributed by atoms with van der Waals surface area (Å²) in [7, 11) is 0. The van der Waals surface area contributed by atoms with E-state index in [0.717, 1.165) is 37.6 Å². The fourth-order valence-electron chi connectivity index (χ4n) is 2.81. The quantitative estimate of drug-likeness (QED) is 0.899. The molecule has 2 aliphatic heterocycles. The van der Waals surface area contributed by atoms with Crippen molar-refractivity contribution in [1.29, 1.82) is 0 Å². The molecule has 0 spiro atoms. The molecule has 1 fully saturated rings. The maximum atomic E-state index is 12.6. The van der Waals surface area contributed by atoms with Crippen LogP contribution in [0.4, 0.5) is 5.69 Å². The zero-order valence-corrected chi connectivity index (χ0v) is 13.9. The summed E-state index contributed by atoms with van der Waals surface area (Å²) in [5.74, 6) is 1.21. The first kappa shape index (κ1) is 16.6. The third-order valence-corrected chi connectivity index (χ3v) is 5.05. The zero-order valence-electron chi connectivity index (χ0n) is 12.2. The average molecular weight is 328 g/mol. The Balaban J connectivity index is 0.00000161. The van der Waals surface area contributed by atoms with Crippen LogP contribution >= 0.6 is 24.2 Å². The molecule has 1 aromatic rings. The number of carbonyl (C=O) groups excluding carboxylic acids is 1. The molecule has 1 unspecified atom stereocenters. The Bertz CT molecular complexity index is 500. The Morgan fingerprint density at radius 1 is 1.38 bits per heavy atom. The monoisotopic (exact) mass is 327 g/mol. The number of anilines is 1. The van der Waals surface area contributed by atoms with Crippen molar-refractivity contribution < 1.29 is 4.79 Å². The molecule has 3 rings (SSSR count). The van der Waals surface area contributed by atoms with Crippen molar-refractivity contribution in [3.63, 3.8) is 0 Å². The Morgan fingerprint density at radius 2 is 2.19 bits per heavy atom. The molecule has 0 aliphatic carbocycles. The van der Waals surface area contributed by atoms with Crippen molar-refractivity contribution in [2.75, 3.05) is 43.4 Å². The summed E-state index contributed by atoms with van der Waals surface area (Å²) in [6.07, 6.45) is 0. The number of benzene rings is 1. The number of hydrogen-bond acceptors (Lipinski definition) is 4. The van der Waals surface area contributed by atoms with Gasteiger partial charge in [-0.15, -0.1) is 24.2 Å². The van der Waals surface area contributed by atoms with Gasteiger partial charge in [0.25, 0.3) is 0 Å². The van der Waals surface area contributed by atoms with Gasteiger partial charge in [-0.25, -0.2) is 0 Å². The third kappa shape index (κ3) is 3.72. The third-order valence-electron chi connectivity index (χ3n) is 4.01. The average Bonchev–Trinajstić information content (AvgIpc) is 2.49. The molecule has 116 valence electrons. The second-order valence-corrected chi connectivity index (χ2v) is 6.52. The standard InChI is InChI=1S/C15H21N3OS.ClH/c1-12-10-16-6-7-17(12)11-15(19)18-8-9-20-14-5-3-2-4-13(14)18;/h2-5,12,16H,6-11H2,1H3;1H. The van der Waals surface area contributed by atoms with Gasteiger partial charge in [-0.05, 0) is 19.1 Å². The van der Waals surface area contributed by atoms with Gasteiger partial charge >= 0.3 is 0 Å². The van der Waals surface area contributed by atoms with Crippen LogP contribution in [0.15, 0.2) is 29.2 Å². The van der Waals surface area contributed by atoms with Crippen LogP contribution in [0.2, 0.25) is 0 Å². The molecule has 2 aliphatic rings. The lowest BCUT2D eigenvalue weighted by molar-refractivity contribution is -0.120. The number of fused-ring (bicyclic) bond motifs is 1. The van der Waals surface area contributed by atoms with Gasteiger partial charge in [0.2, 0.25) is 5.91 Å². The summed E-state index contributed by atoms with van der Waals surface area (Å²) in [5.41, 5.74) is 1.08. The van der Waals surface area contributed by atoms with Crippen molar-refractivity contribution in [3.05, 3.63) is 24.3 Å². The van der Waals surface area contributed by atoms with Crippen LogP contribution in [-0.4, -0.2) is 55.3 Å². The van der Waals surface area contributed by atoms with Crippen LogP contribution in [0, 0.1) is 0 Å². The number of nitrogens with one attached hydrogen (secondary N) is 1. The van der Waals surface area contributed by atoms with Gasteiger partial charge in [0.1, 0.15) is 0 Å². The van der Waals surface area contributed by atoms with Crippen molar-refractivity contribution in [3.8, 4) is 0 Å². The minimum Gasteiger partial charge on any atom is -0.314 e. The Labute approximate surface area is 136 Å². The fraction of sp³-hybridized carbons (Fsp3) is 0.533. The number of hydrogen-bond donors (Lipinski definition) is 1. The molecule has 1 saturated heterocycles. The number of carbonyl (C=O) groups is 1. The van der Waals surface area contributed by atoms with E-state index in [1.807, 2.05) is 28.8 Å². The van der Waals surface area contributed by atoms with Crippen LogP contribution in [0.5, 0.6) is 0 Å². The highest BCUT2D eigenvalue weighted by Gasteiger charge is 2.26. The molecule has 6 heteroatoms. The second-order valence-electron chi connectivity index (χ2n) is 5.39. The minimum atomic E-state index is 0. The van der Waals surface area contributed by atoms with Crippen molar-refractivity contribution in [2.24, 2.45) is 0 Å². The lowest BCUT2D eigenvalue weighted by atomic mass is 10.2. The number of rotatable bonds is 2. The smallest absolute Gasteiger partial charge is 0.241 e. The molecular weight excluding hydrogens is 306 g/mol. The summed E-state index contributed by atoms with van der Waals surface area (Å²) in [5, 5.41) is 3.36. The predicted molar refractivity (Wildman–Crippen MR) is 90.7 cm³/mol. The van der Waals surface area contributed by atoms with Crippen molar-refractivity contribution in [2.45, 2.75) is 17.9 Å². The van der Waals surface area contributed by atoms with Gasteiger partial charge in [-0.3, -0.25) is 9.69 Å². The second kappa shape index (κ2) is 7.49. The molecule has 21 heavy (non-hydrogen) atoms. The van der Waals surface area contributed by atoms with Crippen molar-refractivity contribution in [1.82, 2.24) is 10.2 Å². The number of amides is 1. The summed E-state index contributed by atoms with van der Waals surface area (Å²) in [6, 6.07) is 8.64. The first-order valence-corrected chi connectivity index (χ1v) is 8.21. The molecule has 0 saturated carbocycles. The minimum absolute atomic E-state index is 0. The first-order valence-electron chi connectivity index (χ1n) is 7.22. The van der Waals surface area contributed by atoms with Gasteiger partial charge in [-0.1, -0.05) is 12.1 Å². The van der Waals surface area contributed by atoms with Gasteiger partial charge in [0, 0.05) is 42.9 Å². The maximum absolute atomic E-state index is 12.6. The van der Waals surface area contributed by atoms with E-state index in [-0.39, 0.29) is 18.3 Å². The van der Waals surface area contributed by atoms with Gasteiger partial charge < -0.3 is 10.2 Å². The van der Waals surface area contributed by atoms with Crippen LogP contribution in [0.1, 0.15) is 6.92 Å². The molecule has 0 radical (unpaired) electrons. The largest absolute Gasteiger partial charge is 0.314 e. The molecular formula is C15H22ClN3OS. The van der Waals surface area contributed by atoms with Crippen LogP contribution in [0.3, 0.4) is 0 Å². The highest BCUT2D eigenvalue weighted by atomic mass is 35.5. The predicted octanol–water partition coefficient (Wildman–Crippen LogP) is 1.84. The SMILES string of the molecule is CC1CNCCN1CC(=O)N1CCSc2ccccc21.Cl. The molecule has 4 nitrogen and oxygen atoms in total. The molecule has 0 bridgehead atoms. The highest BCUT2D eigenvalue weighted by molar-refractivity contribution is 7.99. The highest BCUT2D eigenvalue weighted by Crippen LogP contribution is 2.34. The van der Waals surface area contributed by atoms with Crippen LogP contribution in [0.25, 0.3) is 0 Å². The van der Waals surface area contributed by atoms with E-state index in [4.69, 9.17) is 0 Å². The summed E-state index contributed by atoms with van der Waals surface area (Å²) in [6.45, 7) is 6.43. The zero-order chi connectivity index (χ0) is 13.9. The van der Waals surface area contributed by atoms with E-state index in [1.165, 1.54) is 4.90 Å². The topological polar surface area (TPSA) is 35.6 Å². The first-order chi connectivity index (χ1) is 9.75. The molecule has 2 heterocycles. The van der Waals surface area contributed by atoms with E-state index >= 15 is 0 Å². The number of nitrogens with zero attached hydrogens (tertiary/aromatic N) is 2. The van der Waals surface area contributed by atoms with Crippen LogP contribution in [-0.2, 0) is 4.79 Å². The van der Waals surface area contributed by atoms with Gasteiger partial charge in [0.15, 0.2) is 0 Å². The number of para-hydroxylation sites is 1. The van der Waals surface area contributed by atoms with E-state index in [0.29, 0.717) is 12.6 Å². The maximum Gasteiger partial charge on any atom is 0.241 e. The van der Waals surface area contributed by atoms with E-state index in [9.17, 15) is 4.79 Å². The molecule has 1 atom stereocenters. The molecule has 1 amide bonds. The Hall–Kier alpha value is -0.750. The van der Waals surface area contributed by atoms with Gasteiger partial charge in [0.05, 0.1) is 12.2 Å². The normalized spacial score (nSPS) is 22.3. The lowest BCUT2D eigenvalue weighted by Crippen LogP contribution is -2.53. The van der Waals surface area contributed by atoms with E-state index in [1.54, 1.807) is 0 Å². The molecule has 1 N–H and O–H groups in total. The number of thioether (sulfide) groups is 1. The van der Waals surface area contributed by atoms with E-state index < -0.39 is 0 Å². The van der Waals surface area contributed by atoms with Gasteiger partial charge in [-0.2, -0.15) is 0 Å². The Morgan fingerprint density at radius 3 is 3.00 bits per heavy atom. The summed E-state index contributed by atoms with van der Waals surface area (Å²) < 4.78 is 0. The van der Waals surface area contributed by atoms with Crippen molar-refractivity contribution >= 4 is 35.8 Å². The van der Waals surface area contributed by atoms with Crippen LogP contribution < -0.4 is 10.2 Å². The Kier molecular flexibility index (Phi) is 5.93. The summed E-state index contributed by atoms with van der Waals surface area (Å²) >= 11 is 1.84. The van der Waals surface area contributed by atoms with E-state index in [2.05, 4.69) is 29.3 Å². The number of halogens is 1. The lowest BCUT2D eigenvalue weighted by Gasteiger charge is -2.36. The number of piperazine rings is 1. The summed E-state index contributed by atoms with van der Waals surface area (Å²) in [4.78, 5) is 18.1. The molecule has 1 aromatic carbocycles. The fourth-order valence-corrected chi connectivity index (χ4v) is 3.80. The molecule has 0 aromatic heterocycles.